The molecule has 0 radical (unpaired) electrons. The van der Waals surface area contributed by atoms with Gasteiger partial charge in [-0.05, 0) is 37.6 Å². The van der Waals surface area contributed by atoms with Crippen molar-refractivity contribution in [1.82, 2.24) is 14.5 Å². The topological polar surface area (TPSA) is 58.1 Å². The Hall–Kier alpha value is -1.59. The lowest BCUT2D eigenvalue weighted by molar-refractivity contribution is 0.190. The van der Waals surface area contributed by atoms with E-state index < -0.39 is 0 Å². The molecule has 112 valence electrons. The zero-order chi connectivity index (χ0) is 15.0. The summed E-state index contributed by atoms with van der Waals surface area (Å²) in [6, 6.07) is 4.92. The van der Waals surface area contributed by atoms with Crippen molar-refractivity contribution in [2.24, 2.45) is 0 Å². The van der Waals surface area contributed by atoms with Crippen LogP contribution < -0.4 is 11.2 Å². The minimum Gasteiger partial charge on any atom is -0.307 e. The second kappa shape index (κ2) is 5.66. The van der Waals surface area contributed by atoms with Crippen LogP contribution in [-0.4, -0.2) is 34.1 Å². The largest absolute Gasteiger partial charge is 0.329 e. The van der Waals surface area contributed by atoms with Crippen molar-refractivity contribution in [3.05, 3.63) is 44.1 Å². The molecule has 0 spiro atoms. The Morgan fingerprint density at radius 3 is 2.67 bits per heavy atom. The number of aromatic amines is 1. The lowest BCUT2D eigenvalue weighted by atomic mass is 10.0. The molecule has 1 aromatic heterocycles. The van der Waals surface area contributed by atoms with Gasteiger partial charge in [0, 0.05) is 24.2 Å². The summed E-state index contributed by atoms with van der Waals surface area (Å²) in [7, 11) is 0. The van der Waals surface area contributed by atoms with E-state index in [2.05, 4.69) is 16.8 Å². The minimum absolute atomic E-state index is 0.0348. The molecule has 0 atom stereocenters. The lowest BCUT2D eigenvalue weighted by Gasteiger charge is -2.31. The maximum absolute atomic E-state index is 12.6. The Bertz CT molecular complexity index is 773. The molecule has 1 N–H and O–H groups in total. The van der Waals surface area contributed by atoms with Crippen LogP contribution in [0, 0.1) is 0 Å². The Morgan fingerprint density at radius 2 is 2.00 bits per heavy atom. The summed E-state index contributed by atoms with van der Waals surface area (Å²) < 4.78 is 1.37. The average Bonchev–Trinajstić information content (AvgIpc) is 2.49. The van der Waals surface area contributed by atoms with Crippen LogP contribution in [0.4, 0.5) is 0 Å². The van der Waals surface area contributed by atoms with E-state index in [1.165, 1.54) is 4.57 Å². The first-order chi connectivity index (χ1) is 10.1. The van der Waals surface area contributed by atoms with Gasteiger partial charge < -0.3 is 9.88 Å². The minimum atomic E-state index is -0.329. The molecule has 21 heavy (non-hydrogen) atoms. The summed E-state index contributed by atoms with van der Waals surface area (Å²) in [5.74, 6) is 0. The van der Waals surface area contributed by atoms with Crippen molar-refractivity contribution in [1.29, 1.82) is 0 Å². The van der Waals surface area contributed by atoms with Crippen molar-refractivity contribution < 1.29 is 0 Å². The van der Waals surface area contributed by atoms with Gasteiger partial charge in [-0.3, -0.25) is 9.36 Å². The summed E-state index contributed by atoms with van der Waals surface area (Å²) in [5, 5.41) is 0.971. The SMILES string of the molecule is CCN1CCC(n2c(=O)[nH]c3ccc(Cl)cc3c2=O)CC1. The summed E-state index contributed by atoms with van der Waals surface area (Å²) >= 11 is 5.96. The van der Waals surface area contributed by atoms with Crippen LogP contribution in [0.5, 0.6) is 0 Å². The molecule has 2 aromatic rings. The second-order valence-corrected chi connectivity index (χ2v) is 5.90. The number of piperidine rings is 1. The predicted molar refractivity (Wildman–Crippen MR) is 84.2 cm³/mol. The number of nitrogens with one attached hydrogen (secondary N) is 1. The molecule has 1 aromatic carbocycles. The molecule has 2 heterocycles. The maximum Gasteiger partial charge on any atom is 0.329 e. The van der Waals surface area contributed by atoms with Crippen LogP contribution in [0.2, 0.25) is 5.02 Å². The van der Waals surface area contributed by atoms with Crippen LogP contribution in [0.25, 0.3) is 10.9 Å². The van der Waals surface area contributed by atoms with E-state index in [1.54, 1.807) is 18.2 Å². The van der Waals surface area contributed by atoms with Crippen molar-refractivity contribution in [3.63, 3.8) is 0 Å². The highest BCUT2D eigenvalue weighted by molar-refractivity contribution is 6.31. The number of fused-ring (bicyclic) bond motifs is 1. The number of likely N-dealkylation sites (tertiary alicyclic amines) is 1. The van der Waals surface area contributed by atoms with Crippen LogP contribution in [0.1, 0.15) is 25.8 Å². The van der Waals surface area contributed by atoms with Gasteiger partial charge in [-0.2, -0.15) is 0 Å². The van der Waals surface area contributed by atoms with E-state index in [1.807, 2.05) is 0 Å². The van der Waals surface area contributed by atoms with Crippen molar-refractivity contribution >= 4 is 22.5 Å². The Labute approximate surface area is 127 Å². The van der Waals surface area contributed by atoms with Crippen LogP contribution >= 0.6 is 11.6 Å². The van der Waals surface area contributed by atoms with Gasteiger partial charge in [0.25, 0.3) is 5.56 Å². The van der Waals surface area contributed by atoms with Crippen molar-refractivity contribution in [2.45, 2.75) is 25.8 Å². The number of halogens is 1. The highest BCUT2D eigenvalue weighted by atomic mass is 35.5. The zero-order valence-electron chi connectivity index (χ0n) is 11.9. The molecule has 0 bridgehead atoms. The number of nitrogens with zero attached hydrogens (tertiary/aromatic N) is 2. The van der Waals surface area contributed by atoms with Crippen molar-refractivity contribution in [2.75, 3.05) is 19.6 Å². The number of hydrogen-bond donors (Lipinski definition) is 1. The highest BCUT2D eigenvalue weighted by Gasteiger charge is 2.23. The van der Waals surface area contributed by atoms with Gasteiger partial charge >= 0.3 is 5.69 Å². The van der Waals surface area contributed by atoms with Gasteiger partial charge in [-0.25, -0.2) is 4.79 Å². The second-order valence-electron chi connectivity index (χ2n) is 5.46. The third-order valence-corrected chi connectivity index (χ3v) is 4.50. The van der Waals surface area contributed by atoms with E-state index in [-0.39, 0.29) is 17.3 Å². The first-order valence-corrected chi connectivity index (χ1v) is 7.64. The van der Waals surface area contributed by atoms with Crippen LogP contribution in [0.3, 0.4) is 0 Å². The standard InChI is InChI=1S/C15H18ClN3O2/c1-2-18-7-5-11(6-8-18)19-14(20)12-9-10(16)3-4-13(12)17-15(19)21/h3-4,9,11H,2,5-8H2,1H3,(H,17,21). The number of rotatable bonds is 2. The molecule has 3 rings (SSSR count). The molecule has 1 aliphatic rings. The summed E-state index contributed by atoms with van der Waals surface area (Å²) in [5.41, 5.74) is -0.0346. The van der Waals surface area contributed by atoms with Crippen LogP contribution in [-0.2, 0) is 0 Å². The Morgan fingerprint density at radius 1 is 1.29 bits per heavy atom. The quantitative estimate of drug-likeness (QED) is 0.923. The molecule has 5 nitrogen and oxygen atoms in total. The van der Waals surface area contributed by atoms with Crippen LogP contribution in [0.15, 0.2) is 27.8 Å². The molecule has 1 saturated heterocycles. The van der Waals surface area contributed by atoms with E-state index in [9.17, 15) is 9.59 Å². The number of benzene rings is 1. The zero-order valence-corrected chi connectivity index (χ0v) is 12.7. The van der Waals surface area contributed by atoms with Gasteiger partial charge in [0.15, 0.2) is 0 Å². The molecule has 1 aliphatic heterocycles. The van der Waals surface area contributed by atoms with E-state index in [0.717, 1.165) is 32.5 Å². The molecular formula is C15H18ClN3O2. The molecule has 0 amide bonds. The first-order valence-electron chi connectivity index (χ1n) is 7.26. The normalized spacial score (nSPS) is 17.4. The third kappa shape index (κ3) is 2.63. The van der Waals surface area contributed by atoms with E-state index >= 15 is 0 Å². The fourth-order valence-electron chi connectivity index (χ4n) is 3.03. The Balaban J connectivity index is 2.07. The Kier molecular flexibility index (Phi) is 3.87. The molecule has 0 unspecified atom stereocenters. The third-order valence-electron chi connectivity index (χ3n) is 4.26. The molecule has 0 saturated carbocycles. The average molecular weight is 308 g/mol. The summed E-state index contributed by atoms with van der Waals surface area (Å²) in [4.78, 5) is 30.0. The van der Waals surface area contributed by atoms with Gasteiger partial charge in [0.2, 0.25) is 0 Å². The van der Waals surface area contributed by atoms with Gasteiger partial charge in [-0.15, -0.1) is 0 Å². The fourth-order valence-corrected chi connectivity index (χ4v) is 3.20. The number of aromatic nitrogens is 2. The first kappa shape index (κ1) is 14.4. The highest BCUT2D eigenvalue weighted by Crippen LogP contribution is 2.20. The fraction of sp³-hybridized carbons (Fsp3) is 0.467. The number of H-pyrrole nitrogens is 1. The lowest BCUT2D eigenvalue weighted by Crippen LogP contribution is -2.43. The molecular weight excluding hydrogens is 290 g/mol. The molecule has 1 fully saturated rings. The van der Waals surface area contributed by atoms with E-state index in [0.29, 0.717) is 15.9 Å². The van der Waals surface area contributed by atoms with Gasteiger partial charge in [0.05, 0.1) is 10.9 Å². The van der Waals surface area contributed by atoms with E-state index in [4.69, 9.17) is 11.6 Å². The molecule has 6 heteroatoms. The van der Waals surface area contributed by atoms with Gasteiger partial charge in [-0.1, -0.05) is 18.5 Å². The van der Waals surface area contributed by atoms with Gasteiger partial charge in [0.1, 0.15) is 0 Å². The maximum atomic E-state index is 12.6. The van der Waals surface area contributed by atoms with Crippen molar-refractivity contribution in [3.8, 4) is 0 Å². The predicted octanol–water partition coefficient (Wildman–Crippen LogP) is 2.00. The summed E-state index contributed by atoms with van der Waals surface area (Å²) in [6.07, 6.45) is 1.64. The smallest absolute Gasteiger partial charge is 0.307 e. The monoisotopic (exact) mass is 307 g/mol. The number of hydrogen-bond acceptors (Lipinski definition) is 3. The summed E-state index contributed by atoms with van der Waals surface area (Å²) in [6.45, 7) is 4.96. The molecule has 0 aliphatic carbocycles.